The molecule has 4 nitrogen and oxygen atoms in total. The van der Waals surface area contributed by atoms with Crippen LogP contribution >= 0.6 is 0 Å². The number of carbonyl (C=O) groups is 1. The van der Waals surface area contributed by atoms with Crippen molar-refractivity contribution in [2.24, 2.45) is 0 Å². The average Bonchev–Trinajstić information content (AvgIpc) is 2.27. The zero-order chi connectivity index (χ0) is 16.0. The first kappa shape index (κ1) is 19.4. The summed E-state index contributed by atoms with van der Waals surface area (Å²) >= 11 is 0. The fourth-order valence-electron chi connectivity index (χ4n) is 2.02. The summed E-state index contributed by atoms with van der Waals surface area (Å²) in [6.45, 7) is 15.4. The van der Waals surface area contributed by atoms with Gasteiger partial charge in [0.05, 0.1) is 24.2 Å². The van der Waals surface area contributed by atoms with Gasteiger partial charge in [0.2, 0.25) is 5.91 Å². The third-order valence-electron chi connectivity index (χ3n) is 3.61. The SMILES string of the molecule is CCN(C(=O)CC(C)(C)OCCC(C)(C)OC)C(C)C. The molecular weight excluding hydrogens is 254 g/mol. The molecule has 0 N–H and O–H groups in total. The van der Waals surface area contributed by atoms with Crippen molar-refractivity contribution in [1.82, 2.24) is 4.90 Å². The molecule has 0 heterocycles. The van der Waals surface area contributed by atoms with Crippen LogP contribution < -0.4 is 0 Å². The van der Waals surface area contributed by atoms with Gasteiger partial charge in [-0.25, -0.2) is 0 Å². The predicted molar refractivity (Wildman–Crippen MR) is 82.9 cm³/mol. The highest BCUT2D eigenvalue weighted by Crippen LogP contribution is 2.20. The summed E-state index contributed by atoms with van der Waals surface area (Å²) in [4.78, 5) is 14.1. The molecule has 0 aromatic carbocycles. The molecule has 0 aromatic rings. The molecule has 120 valence electrons. The Morgan fingerprint density at radius 1 is 1.15 bits per heavy atom. The van der Waals surface area contributed by atoms with Crippen molar-refractivity contribution in [2.75, 3.05) is 20.3 Å². The van der Waals surface area contributed by atoms with Crippen molar-refractivity contribution in [3.8, 4) is 0 Å². The predicted octanol–water partition coefficient (Wildman–Crippen LogP) is 3.24. The van der Waals surface area contributed by atoms with Crippen LogP contribution in [-0.4, -0.2) is 48.3 Å². The van der Waals surface area contributed by atoms with Crippen LogP contribution in [-0.2, 0) is 14.3 Å². The van der Waals surface area contributed by atoms with E-state index in [1.54, 1.807) is 7.11 Å². The van der Waals surface area contributed by atoms with Gasteiger partial charge in [-0.15, -0.1) is 0 Å². The Morgan fingerprint density at radius 3 is 2.10 bits per heavy atom. The van der Waals surface area contributed by atoms with Crippen molar-refractivity contribution in [2.45, 2.75) is 78.6 Å². The lowest BCUT2D eigenvalue weighted by molar-refractivity contribution is -0.140. The molecule has 0 unspecified atom stereocenters. The summed E-state index contributed by atoms with van der Waals surface area (Å²) in [5.74, 6) is 0.151. The second-order valence-corrected chi connectivity index (χ2v) is 6.77. The molecule has 0 spiro atoms. The summed E-state index contributed by atoms with van der Waals surface area (Å²) in [7, 11) is 1.70. The van der Waals surface area contributed by atoms with Crippen LogP contribution in [0, 0.1) is 0 Å². The van der Waals surface area contributed by atoms with Crippen LogP contribution in [0.5, 0.6) is 0 Å². The highest BCUT2D eigenvalue weighted by atomic mass is 16.5. The Hall–Kier alpha value is -0.610. The smallest absolute Gasteiger partial charge is 0.225 e. The molecule has 0 aliphatic heterocycles. The molecule has 0 aliphatic rings. The molecule has 0 rings (SSSR count). The molecule has 4 heteroatoms. The molecule has 0 aromatic heterocycles. The molecule has 0 fully saturated rings. The van der Waals surface area contributed by atoms with Crippen molar-refractivity contribution in [3.05, 3.63) is 0 Å². The Morgan fingerprint density at radius 2 is 1.70 bits per heavy atom. The van der Waals surface area contributed by atoms with Gasteiger partial charge in [0.25, 0.3) is 0 Å². The summed E-state index contributed by atoms with van der Waals surface area (Å²) in [5, 5.41) is 0. The Bertz CT molecular complexity index is 298. The van der Waals surface area contributed by atoms with E-state index in [1.165, 1.54) is 0 Å². The van der Waals surface area contributed by atoms with E-state index in [9.17, 15) is 4.79 Å². The van der Waals surface area contributed by atoms with Crippen molar-refractivity contribution in [3.63, 3.8) is 0 Å². The van der Waals surface area contributed by atoms with Crippen LogP contribution in [0.1, 0.15) is 61.3 Å². The van der Waals surface area contributed by atoms with Gasteiger partial charge in [0.1, 0.15) is 0 Å². The largest absolute Gasteiger partial charge is 0.379 e. The zero-order valence-corrected chi connectivity index (χ0v) is 14.6. The van der Waals surface area contributed by atoms with Gasteiger partial charge in [-0.3, -0.25) is 4.79 Å². The Kier molecular flexibility index (Phi) is 7.74. The van der Waals surface area contributed by atoms with Gasteiger partial charge in [-0.05, 0) is 54.9 Å². The summed E-state index contributed by atoms with van der Waals surface area (Å²) in [5.41, 5.74) is -0.628. The minimum absolute atomic E-state index is 0.151. The van der Waals surface area contributed by atoms with Gasteiger partial charge in [0.15, 0.2) is 0 Å². The molecule has 0 radical (unpaired) electrons. The maximum atomic E-state index is 12.3. The molecule has 0 saturated heterocycles. The molecule has 0 saturated carbocycles. The lowest BCUT2D eigenvalue weighted by atomic mass is 10.0. The first-order valence-corrected chi connectivity index (χ1v) is 7.53. The maximum absolute atomic E-state index is 12.3. The molecule has 0 bridgehead atoms. The maximum Gasteiger partial charge on any atom is 0.225 e. The number of carbonyl (C=O) groups excluding carboxylic acids is 1. The standard InChI is InChI=1S/C16H33NO3/c1-9-17(13(2)3)14(18)12-16(6,7)20-11-10-15(4,5)19-8/h13H,9-12H2,1-8H3. The van der Waals surface area contributed by atoms with Crippen molar-refractivity contribution in [1.29, 1.82) is 0 Å². The normalized spacial score (nSPS) is 12.8. The zero-order valence-electron chi connectivity index (χ0n) is 14.6. The summed E-state index contributed by atoms with van der Waals surface area (Å²) in [6.07, 6.45) is 1.22. The summed E-state index contributed by atoms with van der Waals surface area (Å²) < 4.78 is 11.3. The van der Waals surface area contributed by atoms with E-state index in [0.29, 0.717) is 13.0 Å². The average molecular weight is 287 g/mol. The fraction of sp³-hybridized carbons (Fsp3) is 0.938. The van der Waals surface area contributed by atoms with E-state index in [0.717, 1.165) is 13.0 Å². The number of hydrogen-bond donors (Lipinski definition) is 0. The lowest BCUT2D eigenvalue weighted by Gasteiger charge is -2.32. The fourth-order valence-corrected chi connectivity index (χ4v) is 2.02. The highest BCUT2D eigenvalue weighted by Gasteiger charge is 2.27. The highest BCUT2D eigenvalue weighted by molar-refractivity contribution is 5.77. The van der Waals surface area contributed by atoms with E-state index in [1.807, 2.05) is 53.4 Å². The lowest BCUT2D eigenvalue weighted by Crippen LogP contribution is -2.41. The molecule has 1 amide bonds. The minimum Gasteiger partial charge on any atom is -0.379 e. The van der Waals surface area contributed by atoms with Gasteiger partial charge in [-0.2, -0.15) is 0 Å². The Balaban J connectivity index is 4.34. The third kappa shape index (κ3) is 7.25. The first-order valence-electron chi connectivity index (χ1n) is 7.53. The van der Waals surface area contributed by atoms with Crippen LogP contribution in [0.4, 0.5) is 0 Å². The number of rotatable bonds is 9. The number of methoxy groups -OCH3 is 1. The van der Waals surface area contributed by atoms with Crippen LogP contribution in [0.3, 0.4) is 0 Å². The van der Waals surface area contributed by atoms with E-state index in [2.05, 4.69) is 0 Å². The van der Waals surface area contributed by atoms with Crippen LogP contribution in [0.25, 0.3) is 0 Å². The molecule has 0 aliphatic carbocycles. The second-order valence-electron chi connectivity index (χ2n) is 6.77. The molecule has 20 heavy (non-hydrogen) atoms. The number of hydrogen-bond acceptors (Lipinski definition) is 3. The first-order chi connectivity index (χ1) is 9.04. The monoisotopic (exact) mass is 287 g/mol. The van der Waals surface area contributed by atoms with E-state index >= 15 is 0 Å². The number of nitrogens with zero attached hydrogens (tertiary/aromatic N) is 1. The quantitative estimate of drug-likeness (QED) is 0.653. The Labute approximate surface area is 124 Å². The second kappa shape index (κ2) is 7.99. The van der Waals surface area contributed by atoms with Crippen LogP contribution in [0.2, 0.25) is 0 Å². The van der Waals surface area contributed by atoms with Gasteiger partial charge in [0, 0.05) is 19.7 Å². The van der Waals surface area contributed by atoms with Crippen molar-refractivity contribution < 1.29 is 14.3 Å². The van der Waals surface area contributed by atoms with Gasteiger partial charge in [-0.1, -0.05) is 0 Å². The van der Waals surface area contributed by atoms with E-state index in [-0.39, 0.29) is 17.6 Å². The van der Waals surface area contributed by atoms with E-state index < -0.39 is 5.60 Å². The number of amides is 1. The van der Waals surface area contributed by atoms with Gasteiger partial charge < -0.3 is 14.4 Å². The molecule has 0 atom stereocenters. The van der Waals surface area contributed by atoms with E-state index in [4.69, 9.17) is 9.47 Å². The summed E-state index contributed by atoms with van der Waals surface area (Å²) in [6, 6.07) is 0.232. The van der Waals surface area contributed by atoms with Gasteiger partial charge >= 0.3 is 0 Å². The third-order valence-corrected chi connectivity index (χ3v) is 3.61. The topological polar surface area (TPSA) is 38.8 Å². The molecular formula is C16H33NO3. The minimum atomic E-state index is -0.441. The number of ether oxygens (including phenoxy) is 2. The van der Waals surface area contributed by atoms with Crippen molar-refractivity contribution >= 4 is 5.91 Å². The van der Waals surface area contributed by atoms with Crippen LogP contribution in [0.15, 0.2) is 0 Å².